The highest BCUT2D eigenvalue weighted by Crippen LogP contribution is 2.27. The number of nitrogens with one attached hydrogen (secondary N) is 1. The summed E-state index contributed by atoms with van der Waals surface area (Å²) in [4.78, 5) is 12.7. The van der Waals surface area contributed by atoms with Crippen molar-refractivity contribution in [2.75, 3.05) is 17.1 Å². The van der Waals surface area contributed by atoms with Crippen LogP contribution in [0.5, 0.6) is 0 Å². The number of carbonyl (C=O) groups excluding carboxylic acids is 1. The summed E-state index contributed by atoms with van der Waals surface area (Å²) in [5.41, 5.74) is 5.35. The molecule has 1 amide bonds. The molecule has 0 fully saturated rings. The van der Waals surface area contributed by atoms with E-state index in [1.54, 1.807) is 12.1 Å². The van der Waals surface area contributed by atoms with E-state index in [1.807, 2.05) is 19.1 Å². The first-order chi connectivity index (χ1) is 13.9. The lowest BCUT2D eigenvalue weighted by Gasteiger charge is -2.25. The number of rotatable bonds is 6. The van der Waals surface area contributed by atoms with Gasteiger partial charge >= 0.3 is 0 Å². The highest BCUT2D eigenvalue weighted by Gasteiger charge is 2.23. The fourth-order valence-corrected chi connectivity index (χ4v) is 4.75. The fraction of sp³-hybridized carbons (Fsp3) is 0.458. The zero-order valence-corrected chi connectivity index (χ0v) is 19.3. The second-order valence-corrected chi connectivity index (χ2v) is 11.1. The zero-order chi connectivity index (χ0) is 22.1. The third-order valence-electron chi connectivity index (χ3n) is 5.71. The SMILES string of the molecule is C[C@H](NC(=O)CN(c1ccc(C(C)(C)C)cc1)S(C)(=O)=O)c1ccc2c(c1)CCC2. The maximum absolute atomic E-state index is 12.7. The number of hydrogen-bond acceptors (Lipinski definition) is 3. The van der Waals surface area contributed by atoms with Crippen molar-refractivity contribution in [1.82, 2.24) is 5.32 Å². The summed E-state index contributed by atoms with van der Waals surface area (Å²) in [7, 11) is -3.60. The number of amides is 1. The van der Waals surface area contributed by atoms with Crippen molar-refractivity contribution in [3.63, 3.8) is 0 Å². The lowest BCUT2D eigenvalue weighted by atomic mass is 9.87. The summed E-state index contributed by atoms with van der Waals surface area (Å²) in [6.07, 6.45) is 4.50. The van der Waals surface area contributed by atoms with Gasteiger partial charge in [-0.05, 0) is 66.0 Å². The standard InChI is InChI=1S/C24H32N2O3S/c1-17(19-10-9-18-7-6-8-20(18)15-19)25-23(27)16-26(30(5,28)29)22-13-11-21(12-14-22)24(2,3)4/h9-15,17H,6-8,16H2,1-5H3,(H,25,27)/t17-/m0/s1. The molecule has 1 aliphatic carbocycles. The van der Waals surface area contributed by atoms with Gasteiger partial charge in [0, 0.05) is 0 Å². The third-order valence-corrected chi connectivity index (χ3v) is 6.85. The Bertz CT molecular complexity index is 1020. The van der Waals surface area contributed by atoms with Gasteiger partial charge in [-0.2, -0.15) is 0 Å². The second kappa shape index (κ2) is 8.42. The summed E-state index contributed by atoms with van der Waals surface area (Å²) >= 11 is 0. The molecule has 1 N–H and O–H groups in total. The number of fused-ring (bicyclic) bond motifs is 1. The Hall–Kier alpha value is -2.34. The van der Waals surface area contributed by atoms with Gasteiger partial charge in [-0.15, -0.1) is 0 Å². The van der Waals surface area contributed by atoms with E-state index in [-0.39, 0.29) is 23.9 Å². The topological polar surface area (TPSA) is 66.5 Å². The molecule has 0 radical (unpaired) electrons. The van der Waals surface area contributed by atoms with E-state index in [9.17, 15) is 13.2 Å². The van der Waals surface area contributed by atoms with Crippen LogP contribution < -0.4 is 9.62 Å². The van der Waals surface area contributed by atoms with Gasteiger partial charge in [-0.3, -0.25) is 9.10 Å². The summed E-state index contributed by atoms with van der Waals surface area (Å²) in [5.74, 6) is -0.326. The minimum Gasteiger partial charge on any atom is -0.348 e. The first-order valence-electron chi connectivity index (χ1n) is 10.4. The lowest BCUT2D eigenvalue weighted by Crippen LogP contribution is -2.41. The van der Waals surface area contributed by atoms with Crippen LogP contribution in [0.3, 0.4) is 0 Å². The molecule has 6 heteroatoms. The molecule has 162 valence electrons. The van der Waals surface area contributed by atoms with E-state index in [0.717, 1.165) is 34.5 Å². The van der Waals surface area contributed by atoms with Gasteiger partial charge in [0.1, 0.15) is 6.54 Å². The molecule has 0 heterocycles. The van der Waals surface area contributed by atoms with Gasteiger partial charge in [0.25, 0.3) is 0 Å². The second-order valence-electron chi connectivity index (χ2n) is 9.24. The van der Waals surface area contributed by atoms with E-state index in [0.29, 0.717) is 5.69 Å². The molecule has 1 aliphatic rings. The first-order valence-corrected chi connectivity index (χ1v) is 12.3. The van der Waals surface area contributed by atoms with E-state index < -0.39 is 10.0 Å². The van der Waals surface area contributed by atoms with Crippen LogP contribution >= 0.6 is 0 Å². The number of aryl methyl sites for hydroxylation is 2. The maximum atomic E-state index is 12.7. The van der Waals surface area contributed by atoms with Gasteiger partial charge in [0.2, 0.25) is 15.9 Å². The molecule has 2 aromatic rings. The highest BCUT2D eigenvalue weighted by atomic mass is 32.2. The molecule has 1 atom stereocenters. The molecule has 5 nitrogen and oxygen atoms in total. The molecule has 0 aromatic heterocycles. The van der Waals surface area contributed by atoms with Crippen molar-refractivity contribution < 1.29 is 13.2 Å². The molecule has 0 saturated heterocycles. The van der Waals surface area contributed by atoms with Crippen LogP contribution in [0.2, 0.25) is 0 Å². The third kappa shape index (κ3) is 5.22. The van der Waals surface area contributed by atoms with Gasteiger partial charge in [-0.1, -0.05) is 51.1 Å². The quantitative estimate of drug-likeness (QED) is 0.753. The summed E-state index contributed by atoms with van der Waals surface area (Å²) in [6.45, 7) is 7.99. The van der Waals surface area contributed by atoms with Crippen molar-refractivity contribution in [3.8, 4) is 0 Å². The van der Waals surface area contributed by atoms with Crippen LogP contribution in [-0.4, -0.2) is 27.1 Å². The largest absolute Gasteiger partial charge is 0.348 e. The normalized spacial score (nSPS) is 14.8. The van der Waals surface area contributed by atoms with E-state index >= 15 is 0 Å². The average Bonchev–Trinajstić information content (AvgIpc) is 3.12. The summed E-state index contributed by atoms with van der Waals surface area (Å²) in [5, 5.41) is 2.95. The van der Waals surface area contributed by atoms with E-state index in [1.165, 1.54) is 17.5 Å². The number of carbonyl (C=O) groups is 1. The van der Waals surface area contributed by atoms with Crippen molar-refractivity contribution in [1.29, 1.82) is 0 Å². The number of nitrogens with zero attached hydrogens (tertiary/aromatic N) is 1. The number of benzene rings is 2. The molecule has 0 spiro atoms. The molecule has 3 rings (SSSR count). The Morgan fingerprint density at radius 3 is 2.30 bits per heavy atom. The molecule has 0 unspecified atom stereocenters. The van der Waals surface area contributed by atoms with E-state index in [4.69, 9.17) is 0 Å². The van der Waals surface area contributed by atoms with Crippen LogP contribution in [0.1, 0.15) is 62.4 Å². The van der Waals surface area contributed by atoms with Crippen LogP contribution in [0.15, 0.2) is 42.5 Å². The summed E-state index contributed by atoms with van der Waals surface area (Å²) < 4.78 is 25.9. The van der Waals surface area contributed by atoms with Gasteiger partial charge in [-0.25, -0.2) is 8.42 Å². The number of anilines is 1. The molecule has 0 bridgehead atoms. The monoisotopic (exact) mass is 428 g/mol. The maximum Gasteiger partial charge on any atom is 0.241 e. The predicted octanol–water partition coefficient (Wildman–Crippen LogP) is 4.12. The molecule has 0 aliphatic heterocycles. The van der Waals surface area contributed by atoms with Crippen molar-refractivity contribution in [3.05, 3.63) is 64.7 Å². The van der Waals surface area contributed by atoms with Crippen molar-refractivity contribution in [2.45, 2.75) is 58.4 Å². The van der Waals surface area contributed by atoms with Crippen LogP contribution in [0.4, 0.5) is 5.69 Å². The van der Waals surface area contributed by atoms with Gasteiger partial charge < -0.3 is 5.32 Å². The molecule has 2 aromatic carbocycles. The average molecular weight is 429 g/mol. The van der Waals surface area contributed by atoms with Crippen molar-refractivity contribution >= 4 is 21.6 Å². The lowest BCUT2D eigenvalue weighted by molar-refractivity contribution is -0.120. The Kier molecular flexibility index (Phi) is 6.27. The fourth-order valence-electron chi connectivity index (χ4n) is 3.89. The zero-order valence-electron chi connectivity index (χ0n) is 18.5. The Morgan fingerprint density at radius 1 is 1.07 bits per heavy atom. The number of hydrogen-bond donors (Lipinski definition) is 1. The van der Waals surface area contributed by atoms with Crippen molar-refractivity contribution in [2.24, 2.45) is 0 Å². The molecular formula is C24H32N2O3S. The minimum atomic E-state index is -3.60. The van der Waals surface area contributed by atoms with Gasteiger partial charge in [0.05, 0.1) is 18.0 Å². The Labute approximate surface area is 180 Å². The molecule has 0 saturated carbocycles. The van der Waals surface area contributed by atoms with E-state index in [2.05, 4.69) is 44.3 Å². The molecule has 30 heavy (non-hydrogen) atoms. The van der Waals surface area contributed by atoms with Gasteiger partial charge in [0.15, 0.2) is 0 Å². The highest BCUT2D eigenvalue weighted by molar-refractivity contribution is 7.92. The Balaban J connectivity index is 1.73. The Morgan fingerprint density at radius 2 is 1.70 bits per heavy atom. The van der Waals surface area contributed by atoms with Crippen LogP contribution in [-0.2, 0) is 33.1 Å². The first kappa shape index (κ1) is 22.3. The van der Waals surface area contributed by atoms with Crippen LogP contribution in [0.25, 0.3) is 0 Å². The smallest absolute Gasteiger partial charge is 0.241 e. The predicted molar refractivity (Wildman–Crippen MR) is 122 cm³/mol. The van der Waals surface area contributed by atoms with Crippen LogP contribution in [0, 0.1) is 0 Å². The number of sulfonamides is 1. The summed E-state index contributed by atoms with van der Waals surface area (Å²) in [6, 6.07) is 13.5. The molecular weight excluding hydrogens is 396 g/mol. The minimum absolute atomic E-state index is 0.0306.